The highest BCUT2D eigenvalue weighted by Gasteiger charge is 2.26. The van der Waals surface area contributed by atoms with Crippen molar-refractivity contribution >= 4 is 28.2 Å². The highest BCUT2D eigenvalue weighted by molar-refractivity contribution is 7.99. The van der Waals surface area contributed by atoms with Crippen molar-refractivity contribution in [3.63, 3.8) is 0 Å². The van der Waals surface area contributed by atoms with Crippen LogP contribution in [0.25, 0.3) is 0 Å². The lowest BCUT2D eigenvalue weighted by Crippen LogP contribution is -2.33. The molecular formula is C13H23N3OS2. The summed E-state index contributed by atoms with van der Waals surface area (Å²) in [5.74, 6) is 0.764. The first-order valence-corrected chi connectivity index (χ1v) is 8.73. The number of thioether (sulfide) groups is 1. The number of thiazole rings is 1. The van der Waals surface area contributed by atoms with E-state index in [-0.39, 0.29) is 0 Å². The Morgan fingerprint density at radius 3 is 2.89 bits per heavy atom. The molecule has 1 aliphatic carbocycles. The van der Waals surface area contributed by atoms with Crippen molar-refractivity contribution in [3.05, 3.63) is 4.88 Å². The Hall–Kier alpha value is -0.460. The zero-order valence-electron chi connectivity index (χ0n) is 12.1. The van der Waals surface area contributed by atoms with Gasteiger partial charge in [-0.05, 0) is 19.1 Å². The molecule has 2 atom stereocenters. The third kappa shape index (κ3) is 3.55. The fourth-order valence-corrected chi connectivity index (χ4v) is 4.32. The van der Waals surface area contributed by atoms with Gasteiger partial charge in [-0.3, -0.25) is 0 Å². The van der Waals surface area contributed by atoms with Crippen LogP contribution in [-0.4, -0.2) is 43.7 Å². The van der Waals surface area contributed by atoms with Crippen molar-refractivity contribution in [1.29, 1.82) is 0 Å². The summed E-state index contributed by atoms with van der Waals surface area (Å²) in [6, 6.07) is 0.629. The van der Waals surface area contributed by atoms with E-state index in [0.717, 1.165) is 22.8 Å². The van der Waals surface area contributed by atoms with Crippen LogP contribution in [-0.2, 0) is 6.54 Å². The topological polar surface area (TPSA) is 37.4 Å². The molecule has 0 saturated heterocycles. The van der Waals surface area contributed by atoms with Crippen LogP contribution in [0.3, 0.4) is 0 Å². The molecule has 4 nitrogen and oxygen atoms in total. The van der Waals surface area contributed by atoms with Gasteiger partial charge in [0.05, 0.1) is 12.0 Å². The van der Waals surface area contributed by atoms with E-state index in [1.807, 2.05) is 30.8 Å². The van der Waals surface area contributed by atoms with Gasteiger partial charge in [0.25, 0.3) is 0 Å². The van der Waals surface area contributed by atoms with E-state index in [1.54, 1.807) is 18.4 Å². The van der Waals surface area contributed by atoms with Crippen LogP contribution >= 0.6 is 23.1 Å². The van der Waals surface area contributed by atoms with Gasteiger partial charge in [0.2, 0.25) is 5.88 Å². The van der Waals surface area contributed by atoms with Crippen LogP contribution in [0.1, 0.15) is 24.1 Å². The SMILES string of the molecule is COc1nc(N(C)C)sc1CNC1CCCC1SC. The Balaban J connectivity index is 1.98. The molecule has 0 bridgehead atoms. The van der Waals surface area contributed by atoms with Crippen LogP contribution in [0.4, 0.5) is 5.13 Å². The molecule has 1 aliphatic rings. The number of rotatable bonds is 6. The number of nitrogens with zero attached hydrogens (tertiary/aromatic N) is 2. The number of aromatic nitrogens is 1. The van der Waals surface area contributed by atoms with Crippen molar-refractivity contribution in [1.82, 2.24) is 10.3 Å². The molecule has 108 valence electrons. The largest absolute Gasteiger partial charge is 0.480 e. The van der Waals surface area contributed by atoms with E-state index in [1.165, 1.54) is 24.1 Å². The standard InChI is InChI=1S/C13H23N3OS2/c1-16(2)13-15-12(17-3)11(19-13)8-14-9-6-5-7-10(9)18-4/h9-10,14H,5-8H2,1-4H3. The maximum atomic E-state index is 5.37. The summed E-state index contributed by atoms with van der Waals surface area (Å²) in [4.78, 5) is 7.71. The normalized spacial score (nSPS) is 22.7. The maximum Gasteiger partial charge on any atom is 0.230 e. The van der Waals surface area contributed by atoms with Gasteiger partial charge in [0.1, 0.15) is 0 Å². The quantitative estimate of drug-likeness (QED) is 0.874. The molecule has 2 unspecified atom stereocenters. The zero-order chi connectivity index (χ0) is 13.8. The molecule has 0 spiro atoms. The fraction of sp³-hybridized carbons (Fsp3) is 0.769. The molecule has 1 aromatic rings. The van der Waals surface area contributed by atoms with E-state index in [0.29, 0.717) is 6.04 Å². The minimum Gasteiger partial charge on any atom is -0.480 e. The minimum atomic E-state index is 0.629. The Morgan fingerprint density at radius 2 is 2.26 bits per heavy atom. The molecule has 0 amide bonds. The summed E-state index contributed by atoms with van der Waals surface area (Å²) in [5.41, 5.74) is 0. The molecule has 1 heterocycles. The van der Waals surface area contributed by atoms with Crippen LogP contribution in [0.2, 0.25) is 0 Å². The average molecular weight is 301 g/mol. The predicted octanol–water partition coefficient (Wildman–Crippen LogP) is 2.59. The number of nitrogens with one attached hydrogen (secondary N) is 1. The first-order valence-electron chi connectivity index (χ1n) is 6.63. The van der Waals surface area contributed by atoms with E-state index in [2.05, 4.69) is 16.6 Å². The smallest absolute Gasteiger partial charge is 0.230 e. The van der Waals surface area contributed by atoms with Crippen molar-refractivity contribution < 1.29 is 4.74 Å². The van der Waals surface area contributed by atoms with Crippen LogP contribution in [0, 0.1) is 0 Å². The third-order valence-corrected chi connectivity index (χ3v) is 5.88. The van der Waals surface area contributed by atoms with Gasteiger partial charge < -0.3 is 15.0 Å². The lowest BCUT2D eigenvalue weighted by atomic mass is 10.2. The Labute approximate surface area is 123 Å². The molecule has 0 radical (unpaired) electrons. The summed E-state index contributed by atoms with van der Waals surface area (Å²) in [6.07, 6.45) is 6.17. The summed E-state index contributed by atoms with van der Waals surface area (Å²) < 4.78 is 5.37. The summed E-state index contributed by atoms with van der Waals surface area (Å²) in [5, 5.41) is 5.44. The van der Waals surface area contributed by atoms with Crippen molar-refractivity contribution in [2.24, 2.45) is 0 Å². The van der Waals surface area contributed by atoms with Gasteiger partial charge in [0.15, 0.2) is 5.13 Å². The number of hydrogen-bond donors (Lipinski definition) is 1. The molecule has 1 fully saturated rings. The number of methoxy groups -OCH3 is 1. The Kier molecular flexibility index (Phi) is 5.36. The number of hydrogen-bond acceptors (Lipinski definition) is 6. The number of ether oxygens (including phenoxy) is 1. The summed E-state index contributed by atoms with van der Waals surface area (Å²) >= 11 is 3.69. The minimum absolute atomic E-state index is 0.629. The van der Waals surface area contributed by atoms with E-state index >= 15 is 0 Å². The second-order valence-electron chi connectivity index (χ2n) is 5.02. The molecule has 19 heavy (non-hydrogen) atoms. The van der Waals surface area contributed by atoms with Gasteiger partial charge in [-0.1, -0.05) is 17.8 Å². The first-order chi connectivity index (χ1) is 9.15. The first kappa shape index (κ1) is 14.9. The van der Waals surface area contributed by atoms with E-state index < -0.39 is 0 Å². The molecule has 0 aromatic carbocycles. The molecule has 1 N–H and O–H groups in total. The molecule has 2 rings (SSSR count). The molecule has 6 heteroatoms. The highest BCUT2D eigenvalue weighted by atomic mass is 32.2. The third-order valence-electron chi connectivity index (χ3n) is 3.51. The monoisotopic (exact) mass is 301 g/mol. The van der Waals surface area contributed by atoms with Crippen molar-refractivity contribution in [2.75, 3.05) is 32.4 Å². The van der Waals surface area contributed by atoms with E-state index in [4.69, 9.17) is 4.74 Å². The lowest BCUT2D eigenvalue weighted by Gasteiger charge is -2.18. The molecular weight excluding hydrogens is 278 g/mol. The Bertz CT molecular complexity index is 409. The van der Waals surface area contributed by atoms with E-state index in [9.17, 15) is 0 Å². The van der Waals surface area contributed by atoms with Gasteiger partial charge in [-0.2, -0.15) is 16.7 Å². The fourth-order valence-electron chi connectivity index (χ4n) is 2.45. The second kappa shape index (κ2) is 6.81. The van der Waals surface area contributed by atoms with Gasteiger partial charge in [0, 0.05) is 31.9 Å². The van der Waals surface area contributed by atoms with Gasteiger partial charge >= 0.3 is 0 Å². The molecule has 1 aromatic heterocycles. The van der Waals surface area contributed by atoms with Crippen molar-refractivity contribution in [2.45, 2.75) is 37.1 Å². The summed E-state index contributed by atoms with van der Waals surface area (Å²) in [6.45, 7) is 0.858. The Morgan fingerprint density at radius 1 is 1.47 bits per heavy atom. The summed E-state index contributed by atoms with van der Waals surface area (Å²) in [7, 11) is 5.71. The van der Waals surface area contributed by atoms with Crippen LogP contribution in [0.5, 0.6) is 5.88 Å². The zero-order valence-corrected chi connectivity index (χ0v) is 13.7. The van der Waals surface area contributed by atoms with Gasteiger partial charge in [-0.15, -0.1) is 0 Å². The maximum absolute atomic E-state index is 5.37. The van der Waals surface area contributed by atoms with Crippen molar-refractivity contribution in [3.8, 4) is 5.88 Å². The number of anilines is 1. The van der Waals surface area contributed by atoms with Crippen LogP contribution < -0.4 is 15.0 Å². The predicted molar refractivity (Wildman–Crippen MR) is 84.8 cm³/mol. The van der Waals surface area contributed by atoms with Gasteiger partial charge in [-0.25, -0.2) is 0 Å². The van der Waals surface area contributed by atoms with Crippen LogP contribution in [0.15, 0.2) is 0 Å². The second-order valence-corrected chi connectivity index (χ2v) is 7.15. The highest BCUT2D eigenvalue weighted by Crippen LogP contribution is 2.32. The molecule has 0 aliphatic heterocycles. The lowest BCUT2D eigenvalue weighted by molar-refractivity contribution is 0.393. The average Bonchev–Trinajstić information content (AvgIpc) is 3.02. The molecule has 1 saturated carbocycles.